The molecule has 13 heteroatoms. The van der Waals surface area contributed by atoms with E-state index in [4.69, 9.17) is 5.73 Å². The number of rotatable bonds is 11. The van der Waals surface area contributed by atoms with Crippen LogP contribution in [0.1, 0.15) is 60.3 Å². The number of benzene rings is 2. The van der Waals surface area contributed by atoms with Crippen LogP contribution in [0.15, 0.2) is 67.2 Å². The molecule has 0 bridgehead atoms. The zero-order valence-corrected chi connectivity index (χ0v) is 29.7. The van der Waals surface area contributed by atoms with Gasteiger partial charge in [0.2, 0.25) is 11.7 Å². The molecule has 0 radical (unpaired) electrons. The molecular weight excluding hydrogens is 656 g/mol. The molecule has 0 unspecified atom stereocenters. The Morgan fingerprint density at radius 1 is 1.02 bits per heavy atom. The van der Waals surface area contributed by atoms with E-state index in [-0.39, 0.29) is 29.2 Å². The van der Waals surface area contributed by atoms with E-state index in [1.807, 2.05) is 37.3 Å². The number of carbonyl (C=O) groups excluding carboxylic acids is 3. The second-order valence-corrected chi connectivity index (χ2v) is 14.7. The van der Waals surface area contributed by atoms with Gasteiger partial charge in [-0.15, -0.1) is 10.2 Å². The number of tetrazole rings is 1. The number of aryl methyl sites for hydroxylation is 1. The van der Waals surface area contributed by atoms with Crippen LogP contribution in [0.2, 0.25) is 0 Å². The SMILES string of the molecule is C=C(c1ccc(-c2ccc(C(=O)N[C@@H]3C[C@@]34CCN(C)C4)nc2C)cc1)[C@H](NC(=O)C1CCC(CN)CC1)C(=O)Nc1ccc(-c2nn[nH]n2)cc1. The molecule has 2 aliphatic carbocycles. The molecule has 2 saturated carbocycles. The van der Waals surface area contributed by atoms with E-state index in [0.717, 1.165) is 74.0 Å². The second kappa shape index (κ2) is 14.8. The van der Waals surface area contributed by atoms with Gasteiger partial charge in [0.25, 0.3) is 11.8 Å². The Morgan fingerprint density at radius 3 is 2.38 bits per heavy atom. The van der Waals surface area contributed by atoms with Crippen molar-refractivity contribution >= 4 is 29.0 Å². The molecule has 270 valence electrons. The predicted octanol–water partition coefficient (Wildman–Crippen LogP) is 3.96. The van der Waals surface area contributed by atoms with Crippen molar-refractivity contribution in [3.8, 4) is 22.5 Å². The van der Waals surface area contributed by atoms with E-state index in [1.165, 1.54) is 0 Å². The highest BCUT2D eigenvalue weighted by atomic mass is 16.2. The quantitative estimate of drug-likeness (QED) is 0.154. The van der Waals surface area contributed by atoms with Gasteiger partial charge < -0.3 is 26.6 Å². The lowest BCUT2D eigenvalue weighted by atomic mass is 9.81. The highest BCUT2D eigenvalue weighted by Gasteiger charge is 2.57. The Kier molecular flexibility index (Phi) is 9.98. The van der Waals surface area contributed by atoms with Gasteiger partial charge in [0.15, 0.2) is 0 Å². The number of nitrogens with one attached hydrogen (secondary N) is 4. The molecule has 2 aromatic heterocycles. The number of likely N-dealkylation sites (tertiary alicyclic amines) is 1. The zero-order chi connectivity index (χ0) is 36.4. The van der Waals surface area contributed by atoms with Crippen LogP contribution < -0.4 is 21.7 Å². The number of aromatic amines is 1. The van der Waals surface area contributed by atoms with E-state index in [0.29, 0.717) is 40.8 Å². The van der Waals surface area contributed by atoms with E-state index in [1.54, 1.807) is 30.3 Å². The normalized spacial score (nSPS) is 23.2. The average Bonchev–Trinajstić information content (AvgIpc) is 3.45. The largest absolute Gasteiger partial charge is 0.347 e. The number of amides is 3. The summed E-state index contributed by atoms with van der Waals surface area (Å²) in [5.41, 5.74) is 11.5. The maximum absolute atomic E-state index is 13.8. The van der Waals surface area contributed by atoms with Crippen LogP contribution >= 0.6 is 0 Å². The van der Waals surface area contributed by atoms with Gasteiger partial charge in [-0.1, -0.05) is 36.9 Å². The monoisotopic (exact) mass is 702 g/mol. The number of carbonyl (C=O) groups is 3. The fourth-order valence-electron chi connectivity index (χ4n) is 7.80. The average molecular weight is 703 g/mol. The minimum atomic E-state index is -1.01. The molecule has 52 heavy (non-hydrogen) atoms. The van der Waals surface area contributed by atoms with Crippen molar-refractivity contribution in [1.82, 2.24) is 41.1 Å². The van der Waals surface area contributed by atoms with Crippen molar-refractivity contribution in [2.75, 3.05) is 32.0 Å². The van der Waals surface area contributed by atoms with Gasteiger partial charge in [-0.2, -0.15) is 5.21 Å². The summed E-state index contributed by atoms with van der Waals surface area (Å²) < 4.78 is 0. The van der Waals surface area contributed by atoms with Gasteiger partial charge in [0.05, 0.1) is 0 Å². The summed E-state index contributed by atoms with van der Waals surface area (Å²) in [4.78, 5) is 47.4. The Bertz CT molecular complexity index is 1940. The summed E-state index contributed by atoms with van der Waals surface area (Å²) in [7, 11) is 2.13. The molecule has 3 amide bonds. The molecule has 6 N–H and O–H groups in total. The summed E-state index contributed by atoms with van der Waals surface area (Å²) in [6, 6.07) is 17.6. The third-order valence-corrected chi connectivity index (χ3v) is 11.2. The van der Waals surface area contributed by atoms with Crippen molar-refractivity contribution in [1.29, 1.82) is 0 Å². The first-order valence-electron chi connectivity index (χ1n) is 18.0. The molecular formula is C39H46N10O3. The molecule has 3 heterocycles. The van der Waals surface area contributed by atoms with E-state index >= 15 is 0 Å². The molecule has 3 atom stereocenters. The van der Waals surface area contributed by atoms with E-state index in [9.17, 15) is 14.4 Å². The standard InChI is InChI=1S/C39H46N10O3/c1-23(26-8-10-27(11-9-26)31-16-17-32(41-24(31)2)37(51)43-33-20-39(33)18-19-49(3)22-39)34(44-36(50)29-6-4-25(21-40)5-7-29)38(52)42-30-14-12-28(13-15-30)35-45-47-48-46-35/h8-17,25,29,33-34H,1,4-7,18-22,40H2,2-3H3,(H,42,52)(H,43,51)(H,44,50)(H,45,46,47,48)/t25?,29?,33-,34+,39-/m1/s1. The fourth-order valence-corrected chi connectivity index (χ4v) is 7.80. The third-order valence-electron chi connectivity index (χ3n) is 11.2. The number of nitrogens with zero attached hydrogens (tertiary/aromatic N) is 5. The topological polar surface area (TPSA) is 184 Å². The minimum absolute atomic E-state index is 0.139. The number of anilines is 1. The van der Waals surface area contributed by atoms with Gasteiger partial charge >= 0.3 is 0 Å². The van der Waals surface area contributed by atoms with Crippen LogP contribution in [0, 0.1) is 24.2 Å². The first kappa shape index (κ1) is 35.1. The minimum Gasteiger partial charge on any atom is -0.347 e. The van der Waals surface area contributed by atoms with Crippen molar-refractivity contribution in [2.24, 2.45) is 23.0 Å². The number of hydrogen-bond acceptors (Lipinski definition) is 9. The van der Waals surface area contributed by atoms with Crippen LogP contribution in [0.25, 0.3) is 28.1 Å². The van der Waals surface area contributed by atoms with E-state index < -0.39 is 11.9 Å². The third kappa shape index (κ3) is 7.51. The van der Waals surface area contributed by atoms with Crippen LogP contribution in [-0.2, 0) is 9.59 Å². The Hall–Kier alpha value is -5.27. The van der Waals surface area contributed by atoms with Gasteiger partial charge in [-0.25, -0.2) is 4.98 Å². The molecule has 2 aromatic carbocycles. The number of pyridine rings is 1. The number of aromatic nitrogens is 5. The fraction of sp³-hybridized carbons (Fsp3) is 0.410. The van der Waals surface area contributed by atoms with Gasteiger partial charge in [0.1, 0.15) is 11.7 Å². The molecule has 1 aliphatic heterocycles. The van der Waals surface area contributed by atoms with Crippen molar-refractivity contribution < 1.29 is 14.4 Å². The number of hydrogen-bond donors (Lipinski definition) is 5. The van der Waals surface area contributed by atoms with Crippen LogP contribution in [0.4, 0.5) is 5.69 Å². The molecule has 1 saturated heterocycles. The first-order valence-corrected chi connectivity index (χ1v) is 18.0. The van der Waals surface area contributed by atoms with Crippen LogP contribution in [-0.4, -0.2) is 87.0 Å². The lowest BCUT2D eigenvalue weighted by Gasteiger charge is -2.29. The lowest BCUT2D eigenvalue weighted by molar-refractivity contribution is -0.129. The molecule has 7 rings (SSSR count). The van der Waals surface area contributed by atoms with Crippen molar-refractivity contribution in [3.63, 3.8) is 0 Å². The summed E-state index contributed by atoms with van der Waals surface area (Å²) in [5.74, 6) is -0.0445. The highest BCUT2D eigenvalue weighted by Crippen LogP contribution is 2.52. The maximum Gasteiger partial charge on any atom is 0.270 e. The van der Waals surface area contributed by atoms with Crippen molar-refractivity contribution in [2.45, 2.75) is 57.5 Å². The summed E-state index contributed by atoms with van der Waals surface area (Å²) in [6.45, 7) is 8.90. The molecule has 3 fully saturated rings. The number of nitrogens with two attached hydrogens (primary N) is 1. The first-order chi connectivity index (χ1) is 25.1. The molecule has 3 aliphatic rings. The summed E-state index contributed by atoms with van der Waals surface area (Å²) >= 11 is 0. The maximum atomic E-state index is 13.8. The van der Waals surface area contributed by atoms with Crippen LogP contribution in [0.5, 0.6) is 0 Å². The summed E-state index contributed by atoms with van der Waals surface area (Å²) in [6.07, 6.45) is 5.38. The van der Waals surface area contributed by atoms with E-state index in [2.05, 4.69) is 60.1 Å². The lowest BCUT2D eigenvalue weighted by Crippen LogP contribution is -2.47. The molecule has 4 aromatic rings. The second-order valence-electron chi connectivity index (χ2n) is 14.7. The molecule has 1 spiro atoms. The Balaban J connectivity index is 1.05. The summed E-state index contributed by atoms with van der Waals surface area (Å²) in [5, 5.41) is 23.2. The Labute approximate surface area is 303 Å². The van der Waals surface area contributed by atoms with Gasteiger partial charge in [-0.3, -0.25) is 14.4 Å². The van der Waals surface area contributed by atoms with Crippen molar-refractivity contribution in [3.05, 3.63) is 84.2 Å². The smallest absolute Gasteiger partial charge is 0.270 e. The predicted molar refractivity (Wildman–Crippen MR) is 199 cm³/mol. The number of H-pyrrole nitrogens is 1. The van der Waals surface area contributed by atoms with Gasteiger partial charge in [0, 0.05) is 46.4 Å². The molecule has 13 nitrogen and oxygen atoms in total. The Morgan fingerprint density at radius 2 is 1.75 bits per heavy atom. The van der Waals surface area contributed by atoms with Crippen LogP contribution in [0.3, 0.4) is 0 Å². The van der Waals surface area contributed by atoms with Gasteiger partial charge in [-0.05, 0) is 124 Å². The zero-order valence-electron chi connectivity index (χ0n) is 29.7. The highest BCUT2D eigenvalue weighted by molar-refractivity contribution is 6.05.